The zero-order valence-corrected chi connectivity index (χ0v) is 15.8. The number of benzene rings is 2. The van der Waals surface area contributed by atoms with Crippen LogP contribution in [0.5, 0.6) is 0 Å². The number of carbonyl (C=O) groups excluding carboxylic acids is 2. The number of carboxylic acid groups (broad SMARTS) is 1. The molecule has 152 valence electrons. The van der Waals surface area contributed by atoms with Gasteiger partial charge in [0.25, 0.3) is 0 Å². The van der Waals surface area contributed by atoms with Gasteiger partial charge in [-0.3, -0.25) is 4.79 Å². The number of alkyl carbamates (subject to hydrolysis) is 1. The van der Waals surface area contributed by atoms with E-state index in [1.54, 1.807) is 0 Å². The molecule has 29 heavy (non-hydrogen) atoms. The number of hydrogen-bond donors (Lipinski definition) is 4. The van der Waals surface area contributed by atoms with E-state index >= 15 is 0 Å². The van der Waals surface area contributed by atoms with Crippen LogP contribution in [0.4, 0.5) is 4.79 Å². The van der Waals surface area contributed by atoms with Crippen LogP contribution in [-0.2, 0) is 14.3 Å². The molecule has 0 bridgehead atoms. The second-order valence-electron chi connectivity index (χ2n) is 6.77. The molecule has 0 heterocycles. The van der Waals surface area contributed by atoms with E-state index in [0.29, 0.717) is 0 Å². The lowest BCUT2D eigenvalue weighted by Gasteiger charge is -2.18. The molecule has 0 fully saturated rings. The maximum Gasteiger partial charge on any atom is 0.407 e. The second-order valence-corrected chi connectivity index (χ2v) is 6.77. The van der Waals surface area contributed by atoms with E-state index in [1.807, 2.05) is 48.5 Å². The van der Waals surface area contributed by atoms with Gasteiger partial charge in [-0.05, 0) is 29.2 Å². The molecule has 1 aliphatic rings. The van der Waals surface area contributed by atoms with Gasteiger partial charge in [-0.2, -0.15) is 0 Å². The molecule has 0 radical (unpaired) electrons. The first-order chi connectivity index (χ1) is 13.9. The highest BCUT2D eigenvalue weighted by molar-refractivity contribution is 5.89. The van der Waals surface area contributed by atoms with E-state index in [4.69, 9.17) is 14.9 Å². The lowest BCUT2D eigenvalue weighted by molar-refractivity contribution is -0.143. The molecule has 2 aromatic rings. The van der Waals surface area contributed by atoms with Crippen LogP contribution in [0, 0.1) is 0 Å². The van der Waals surface area contributed by atoms with Gasteiger partial charge in [-0.25, -0.2) is 9.59 Å². The number of carbonyl (C=O) groups is 3. The van der Waals surface area contributed by atoms with Crippen LogP contribution < -0.4 is 10.6 Å². The van der Waals surface area contributed by atoms with Gasteiger partial charge < -0.3 is 25.6 Å². The van der Waals surface area contributed by atoms with E-state index in [9.17, 15) is 14.4 Å². The third kappa shape index (κ3) is 4.38. The number of fused-ring (bicyclic) bond motifs is 3. The molecule has 4 N–H and O–H groups in total. The van der Waals surface area contributed by atoms with Gasteiger partial charge in [0.15, 0.2) is 0 Å². The minimum absolute atomic E-state index is 0.0998. The second kappa shape index (κ2) is 8.74. The van der Waals surface area contributed by atoms with Crippen molar-refractivity contribution in [3.63, 3.8) is 0 Å². The smallest absolute Gasteiger partial charge is 0.407 e. The first-order valence-electron chi connectivity index (χ1n) is 9.18. The number of carboxylic acids is 1. The molecule has 0 aromatic heterocycles. The summed E-state index contributed by atoms with van der Waals surface area (Å²) in [4.78, 5) is 35.0. The van der Waals surface area contributed by atoms with Crippen LogP contribution >= 0.6 is 0 Å². The number of aliphatic carboxylic acids is 1. The topological polar surface area (TPSA) is 125 Å². The molecule has 1 aliphatic carbocycles. The third-order valence-corrected chi connectivity index (χ3v) is 4.87. The Kier molecular flexibility index (Phi) is 6.13. The minimum Gasteiger partial charge on any atom is -0.480 e. The van der Waals surface area contributed by atoms with Gasteiger partial charge in [-0.15, -0.1) is 0 Å². The fraction of sp³-hybridized carbons (Fsp3) is 0.286. The van der Waals surface area contributed by atoms with Gasteiger partial charge in [-0.1, -0.05) is 48.5 Å². The standard InChI is InChI=1S/C21H22N2O6/c1-12(19(25)23-18(10-24)20(26)27)22-21(28)29-11-17-15-8-4-2-6-13(15)14-7-3-5-9-16(14)17/h2-9,12,17-18,24H,10-11H2,1H3,(H,22,28)(H,23,25)(H,26,27)/t12-,18?/m0/s1. The summed E-state index contributed by atoms with van der Waals surface area (Å²) in [6.07, 6.45) is -0.787. The van der Waals surface area contributed by atoms with Gasteiger partial charge in [0.05, 0.1) is 6.61 Å². The molecule has 0 spiro atoms. The summed E-state index contributed by atoms with van der Waals surface area (Å²) in [5.41, 5.74) is 4.35. The highest BCUT2D eigenvalue weighted by atomic mass is 16.5. The molecule has 0 saturated heterocycles. The average Bonchev–Trinajstić information content (AvgIpc) is 3.03. The van der Waals surface area contributed by atoms with Crippen molar-refractivity contribution >= 4 is 18.0 Å². The quantitative estimate of drug-likeness (QED) is 0.560. The molecular formula is C21H22N2O6. The molecule has 2 amide bonds. The van der Waals surface area contributed by atoms with Crippen LogP contribution in [-0.4, -0.2) is 53.5 Å². The number of ether oxygens (including phenoxy) is 1. The van der Waals surface area contributed by atoms with E-state index in [1.165, 1.54) is 6.92 Å². The Morgan fingerprint density at radius 1 is 1.00 bits per heavy atom. The fourth-order valence-electron chi connectivity index (χ4n) is 3.36. The molecule has 1 unspecified atom stereocenters. The van der Waals surface area contributed by atoms with Crippen LogP contribution in [0.1, 0.15) is 24.0 Å². The molecule has 0 saturated carbocycles. The van der Waals surface area contributed by atoms with Crippen molar-refractivity contribution in [3.05, 3.63) is 59.7 Å². The molecule has 2 aromatic carbocycles. The van der Waals surface area contributed by atoms with Crippen molar-refractivity contribution < 1.29 is 29.3 Å². The first-order valence-corrected chi connectivity index (χ1v) is 9.18. The highest BCUT2D eigenvalue weighted by Crippen LogP contribution is 2.44. The SMILES string of the molecule is C[C@H](NC(=O)OCC1c2ccccc2-c2ccccc21)C(=O)NC(CO)C(=O)O. The molecule has 8 heteroatoms. The Labute approximate surface area is 167 Å². The van der Waals surface area contributed by atoms with E-state index < -0.39 is 36.7 Å². The fourth-order valence-corrected chi connectivity index (χ4v) is 3.36. The lowest BCUT2D eigenvalue weighted by atomic mass is 9.98. The Bertz CT molecular complexity index is 883. The van der Waals surface area contributed by atoms with Crippen molar-refractivity contribution in [2.45, 2.75) is 24.9 Å². The average molecular weight is 398 g/mol. The molecule has 3 rings (SSSR count). The summed E-state index contributed by atoms with van der Waals surface area (Å²) in [5, 5.41) is 22.3. The molecule has 2 atom stereocenters. The van der Waals surface area contributed by atoms with Gasteiger partial charge in [0.1, 0.15) is 18.7 Å². The summed E-state index contributed by atoms with van der Waals surface area (Å²) in [6, 6.07) is 13.4. The highest BCUT2D eigenvalue weighted by Gasteiger charge is 2.29. The number of rotatable bonds is 7. The first kappa shape index (κ1) is 20.3. The van der Waals surface area contributed by atoms with Crippen molar-refractivity contribution in [1.82, 2.24) is 10.6 Å². The number of aliphatic hydroxyl groups is 1. The van der Waals surface area contributed by atoms with Gasteiger partial charge in [0.2, 0.25) is 5.91 Å². The number of nitrogens with one attached hydrogen (secondary N) is 2. The Balaban J connectivity index is 1.60. The van der Waals surface area contributed by atoms with E-state index in [2.05, 4.69) is 10.6 Å². The van der Waals surface area contributed by atoms with E-state index in [0.717, 1.165) is 22.3 Å². The van der Waals surface area contributed by atoms with Crippen LogP contribution in [0.2, 0.25) is 0 Å². The normalized spacial score (nSPS) is 14.3. The number of amides is 2. The molecular weight excluding hydrogens is 376 g/mol. The van der Waals surface area contributed by atoms with Gasteiger partial charge in [0, 0.05) is 5.92 Å². The zero-order chi connectivity index (χ0) is 21.0. The zero-order valence-electron chi connectivity index (χ0n) is 15.8. The summed E-state index contributed by atoms with van der Waals surface area (Å²) in [5.74, 6) is -2.21. The van der Waals surface area contributed by atoms with Crippen molar-refractivity contribution in [1.29, 1.82) is 0 Å². The Morgan fingerprint density at radius 3 is 2.07 bits per heavy atom. The summed E-state index contributed by atoms with van der Waals surface area (Å²) in [7, 11) is 0. The lowest BCUT2D eigenvalue weighted by Crippen LogP contribution is -2.51. The van der Waals surface area contributed by atoms with Crippen molar-refractivity contribution in [3.8, 4) is 11.1 Å². The van der Waals surface area contributed by atoms with Crippen molar-refractivity contribution in [2.24, 2.45) is 0 Å². The predicted octanol–water partition coefficient (Wildman–Crippen LogP) is 1.48. The monoisotopic (exact) mass is 398 g/mol. The van der Waals surface area contributed by atoms with E-state index in [-0.39, 0.29) is 12.5 Å². The Morgan fingerprint density at radius 2 is 1.55 bits per heavy atom. The van der Waals surface area contributed by atoms with Crippen LogP contribution in [0.25, 0.3) is 11.1 Å². The minimum atomic E-state index is -1.44. The Hall–Kier alpha value is -3.39. The number of hydrogen-bond acceptors (Lipinski definition) is 5. The maximum atomic E-state index is 12.1. The third-order valence-electron chi connectivity index (χ3n) is 4.87. The summed E-state index contributed by atoms with van der Waals surface area (Å²) in [6.45, 7) is 0.744. The van der Waals surface area contributed by atoms with Crippen LogP contribution in [0.3, 0.4) is 0 Å². The summed E-state index contributed by atoms with van der Waals surface area (Å²) < 4.78 is 5.34. The molecule has 8 nitrogen and oxygen atoms in total. The maximum absolute atomic E-state index is 12.1. The predicted molar refractivity (Wildman–Crippen MR) is 104 cm³/mol. The van der Waals surface area contributed by atoms with Crippen molar-refractivity contribution in [2.75, 3.05) is 13.2 Å². The van der Waals surface area contributed by atoms with Gasteiger partial charge >= 0.3 is 12.1 Å². The van der Waals surface area contributed by atoms with Crippen LogP contribution in [0.15, 0.2) is 48.5 Å². The summed E-state index contributed by atoms with van der Waals surface area (Å²) >= 11 is 0. The number of aliphatic hydroxyl groups excluding tert-OH is 1. The molecule has 0 aliphatic heterocycles. The largest absolute Gasteiger partial charge is 0.480 e.